The van der Waals surface area contributed by atoms with E-state index in [2.05, 4.69) is 18.5 Å². The first-order chi connectivity index (χ1) is 9.97. The molecule has 2 rings (SSSR count). The molecule has 0 saturated carbocycles. The topological polar surface area (TPSA) is 66.5 Å². The van der Waals surface area contributed by atoms with Gasteiger partial charge in [0.05, 0.1) is 10.6 Å². The standard InChI is InChI=1S/C13H12N2O3S.C2H6/c1-3-4-8-7(2)12(17)15(13(8)18)9-5-6-10(19)14-11(9)16;1-2/h3-4,9H,1-2,5-6H2,(H,14,16,19);1-2H3/b8-4+;. The summed E-state index contributed by atoms with van der Waals surface area (Å²) < 4.78 is 0. The maximum Gasteiger partial charge on any atom is 0.262 e. The van der Waals surface area contributed by atoms with E-state index in [1.165, 1.54) is 12.2 Å². The van der Waals surface area contributed by atoms with Crippen molar-refractivity contribution in [1.29, 1.82) is 0 Å². The maximum atomic E-state index is 12.2. The molecule has 2 aliphatic heterocycles. The van der Waals surface area contributed by atoms with E-state index in [4.69, 9.17) is 12.2 Å². The lowest BCUT2D eigenvalue weighted by atomic mass is 10.1. The van der Waals surface area contributed by atoms with Gasteiger partial charge in [0.25, 0.3) is 11.8 Å². The molecular weight excluding hydrogens is 288 g/mol. The molecule has 21 heavy (non-hydrogen) atoms. The van der Waals surface area contributed by atoms with E-state index in [0.717, 1.165) is 4.90 Å². The van der Waals surface area contributed by atoms with E-state index < -0.39 is 23.8 Å². The quantitative estimate of drug-likeness (QED) is 0.479. The van der Waals surface area contributed by atoms with Crippen LogP contribution in [0.15, 0.2) is 36.5 Å². The molecule has 0 bridgehead atoms. The molecule has 0 aliphatic carbocycles. The Labute approximate surface area is 129 Å². The van der Waals surface area contributed by atoms with Crippen LogP contribution < -0.4 is 5.32 Å². The smallest absolute Gasteiger partial charge is 0.262 e. The lowest BCUT2D eigenvalue weighted by Crippen LogP contribution is -2.53. The van der Waals surface area contributed by atoms with Crippen LogP contribution in [0.1, 0.15) is 26.7 Å². The van der Waals surface area contributed by atoms with Crippen LogP contribution in [-0.4, -0.2) is 33.7 Å². The van der Waals surface area contributed by atoms with Crippen LogP contribution in [0.3, 0.4) is 0 Å². The lowest BCUT2D eigenvalue weighted by molar-refractivity contribution is -0.145. The van der Waals surface area contributed by atoms with Gasteiger partial charge in [-0.15, -0.1) is 0 Å². The van der Waals surface area contributed by atoms with Gasteiger partial charge in [-0.05, 0) is 12.5 Å². The summed E-state index contributed by atoms with van der Waals surface area (Å²) in [5, 5.41) is 2.49. The molecule has 0 aromatic heterocycles. The van der Waals surface area contributed by atoms with E-state index in [9.17, 15) is 14.4 Å². The SMILES string of the molecule is C=C/C=C1\C(=C)C(=O)N(C2CCC(=S)NC2=O)C1=O.CC. The number of carbonyl (C=O) groups is 3. The van der Waals surface area contributed by atoms with Crippen LogP contribution in [0.4, 0.5) is 0 Å². The second-order valence-electron chi connectivity index (χ2n) is 4.24. The molecular formula is C15H18N2O3S. The second kappa shape index (κ2) is 7.08. The molecule has 2 fully saturated rings. The summed E-state index contributed by atoms with van der Waals surface area (Å²) in [4.78, 5) is 37.4. The van der Waals surface area contributed by atoms with Gasteiger partial charge in [0, 0.05) is 12.0 Å². The predicted octanol–water partition coefficient (Wildman–Crippen LogP) is 1.66. The first-order valence-electron chi connectivity index (χ1n) is 6.71. The van der Waals surface area contributed by atoms with Gasteiger partial charge < -0.3 is 5.32 Å². The fraction of sp³-hybridized carbons (Fsp3) is 0.333. The number of piperidine rings is 1. The number of nitrogens with one attached hydrogen (secondary N) is 1. The minimum atomic E-state index is -0.820. The zero-order valence-electron chi connectivity index (χ0n) is 12.1. The number of hydrogen-bond donors (Lipinski definition) is 1. The van der Waals surface area contributed by atoms with Gasteiger partial charge in [0.1, 0.15) is 6.04 Å². The van der Waals surface area contributed by atoms with Gasteiger partial charge in [-0.2, -0.15) is 0 Å². The summed E-state index contributed by atoms with van der Waals surface area (Å²) in [7, 11) is 0. The van der Waals surface area contributed by atoms with Gasteiger partial charge in [-0.1, -0.05) is 45.3 Å². The monoisotopic (exact) mass is 306 g/mol. The first kappa shape index (κ1) is 17.0. The van der Waals surface area contributed by atoms with Gasteiger partial charge in [0.2, 0.25) is 5.91 Å². The normalized spacial score (nSPS) is 23.9. The van der Waals surface area contributed by atoms with Crippen molar-refractivity contribution in [2.24, 2.45) is 0 Å². The van der Waals surface area contributed by atoms with Crippen LogP contribution in [0.25, 0.3) is 0 Å². The number of allylic oxidation sites excluding steroid dienone is 2. The van der Waals surface area contributed by atoms with Crippen molar-refractivity contribution in [3.8, 4) is 0 Å². The molecule has 1 atom stereocenters. The number of carbonyl (C=O) groups excluding carboxylic acids is 3. The second-order valence-corrected chi connectivity index (χ2v) is 4.73. The Morgan fingerprint density at radius 1 is 1.29 bits per heavy atom. The maximum absolute atomic E-state index is 12.2. The Morgan fingerprint density at radius 2 is 1.90 bits per heavy atom. The molecule has 1 N–H and O–H groups in total. The van der Waals surface area contributed by atoms with Crippen LogP contribution in [0.2, 0.25) is 0 Å². The molecule has 0 aromatic rings. The highest BCUT2D eigenvalue weighted by Crippen LogP contribution is 2.28. The summed E-state index contributed by atoms with van der Waals surface area (Å²) in [6, 6.07) is -0.820. The number of hydrogen-bond acceptors (Lipinski definition) is 4. The average molecular weight is 306 g/mol. The van der Waals surface area contributed by atoms with Crippen molar-refractivity contribution in [1.82, 2.24) is 10.2 Å². The van der Waals surface area contributed by atoms with Crippen LogP contribution in [0, 0.1) is 0 Å². The molecule has 6 heteroatoms. The van der Waals surface area contributed by atoms with Crippen molar-refractivity contribution in [3.63, 3.8) is 0 Å². The molecule has 0 radical (unpaired) electrons. The number of likely N-dealkylation sites (tertiary alicyclic amines) is 1. The van der Waals surface area contributed by atoms with Crippen LogP contribution in [-0.2, 0) is 14.4 Å². The molecule has 2 heterocycles. The van der Waals surface area contributed by atoms with E-state index in [1.54, 1.807) is 0 Å². The summed E-state index contributed by atoms with van der Waals surface area (Å²) >= 11 is 4.89. The first-order valence-corrected chi connectivity index (χ1v) is 7.11. The Morgan fingerprint density at radius 3 is 2.43 bits per heavy atom. The van der Waals surface area contributed by atoms with Crippen molar-refractivity contribution in [2.45, 2.75) is 32.7 Å². The third kappa shape index (κ3) is 3.16. The van der Waals surface area contributed by atoms with E-state index in [-0.39, 0.29) is 11.1 Å². The molecule has 0 spiro atoms. The molecule has 2 aliphatic rings. The number of thiocarbonyl (C=S) groups is 1. The molecule has 112 valence electrons. The van der Waals surface area contributed by atoms with Gasteiger partial charge in [-0.3, -0.25) is 19.3 Å². The Bertz CT molecular complexity index is 563. The minimum absolute atomic E-state index is 0.0888. The van der Waals surface area contributed by atoms with E-state index in [0.29, 0.717) is 17.8 Å². The summed E-state index contributed by atoms with van der Waals surface area (Å²) in [6.07, 6.45) is 3.64. The van der Waals surface area contributed by atoms with Crippen LogP contribution >= 0.6 is 12.2 Å². The highest BCUT2D eigenvalue weighted by atomic mass is 32.1. The lowest BCUT2D eigenvalue weighted by Gasteiger charge is -2.28. The van der Waals surface area contributed by atoms with Gasteiger partial charge in [0.15, 0.2) is 0 Å². The highest BCUT2D eigenvalue weighted by Gasteiger charge is 2.45. The number of imide groups is 1. The van der Waals surface area contributed by atoms with Crippen LogP contribution in [0.5, 0.6) is 0 Å². The number of amides is 3. The summed E-state index contributed by atoms with van der Waals surface area (Å²) in [5.74, 6) is -1.47. The van der Waals surface area contributed by atoms with E-state index in [1.807, 2.05) is 13.8 Å². The summed E-state index contributed by atoms with van der Waals surface area (Å²) in [6.45, 7) is 11.1. The predicted molar refractivity (Wildman–Crippen MR) is 84.4 cm³/mol. The van der Waals surface area contributed by atoms with Crippen molar-refractivity contribution in [2.75, 3.05) is 0 Å². The molecule has 0 aromatic carbocycles. The van der Waals surface area contributed by atoms with Crippen molar-refractivity contribution < 1.29 is 14.4 Å². The molecule has 1 unspecified atom stereocenters. The largest absolute Gasteiger partial charge is 0.319 e. The third-order valence-corrected chi connectivity index (χ3v) is 3.36. The fourth-order valence-corrected chi connectivity index (χ4v) is 2.33. The molecule has 5 nitrogen and oxygen atoms in total. The number of rotatable bonds is 2. The Kier molecular flexibility index (Phi) is 5.72. The van der Waals surface area contributed by atoms with Crippen molar-refractivity contribution >= 4 is 34.9 Å². The van der Waals surface area contributed by atoms with Gasteiger partial charge >= 0.3 is 0 Å². The zero-order valence-corrected chi connectivity index (χ0v) is 13.0. The average Bonchev–Trinajstić information content (AvgIpc) is 2.67. The Balaban J connectivity index is 0.00000106. The summed E-state index contributed by atoms with van der Waals surface area (Å²) in [5.41, 5.74) is 0.270. The molecule has 2 saturated heterocycles. The zero-order chi connectivity index (χ0) is 16.2. The van der Waals surface area contributed by atoms with Crippen molar-refractivity contribution in [3.05, 3.63) is 36.5 Å². The Hall–Kier alpha value is -2.08. The highest BCUT2D eigenvalue weighted by molar-refractivity contribution is 7.80. The van der Waals surface area contributed by atoms with E-state index >= 15 is 0 Å². The van der Waals surface area contributed by atoms with Gasteiger partial charge in [-0.25, -0.2) is 0 Å². The number of nitrogens with zero attached hydrogens (tertiary/aromatic N) is 1. The third-order valence-electron chi connectivity index (χ3n) is 3.06. The minimum Gasteiger partial charge on any atom is -0.319 e. The molecule has 3 amide bonds. The fourth-order valence-electron chi connectivity index (χ4n) is 2.11.